The van der Waals surface area contributed by atoms with E-state index in [9.17, 15) is 0 Å². The topological polar surface area (TPSA) is 92.3 Å². The normalized spacial score (nSPS) is 51.5. The Morgan fingerprint density at radius 1 is 0.382 bits per heavy atom. The van der Waals surface area contributed by atoms with Gasteiger partial charge in [0.1, 0.15) is 36.6 Å². The highest BCUT2D eigenvalue weighted by atomic mass is 16.9. The van der Waals surface area contributed by atoms with Crippen LogP contribution in [0.3, 0.4) is 0 Å². The maximum absolute atomic E-state index is 6.38. The first kappa shape index (κ1) is 24.0. The fourth-order valence-corrected chi connectivity index (χ4v) is 6.18. The summed E-state index contributed by atoms with van der Waals surface area (Å²) < 4.78 is 62.1. The van der Waals surface area contributed by atoms with Crippen LogP contribution in [0, 0.1) is 0 Å². The van der Waals surface area contributed by atoms with E-state index < -0.39 is 35.7 Å². The summed E-state index contributed by atoms with van der Waals surface area (Å²) in [5.41, 5.74) is 0. The van der Waals surface area contributed by atoms with Gasteiger partial charge in [0.2, 0.25) is 0 Å². The van der Waals surface area contributed by atoms with Gasteiger partial charge in [-0.25, -0.2) is 0 Å². The second kappa shape index (κ2) is 7.56. The molecule has 10 atom stereocenters. The van der Waals surface area contributed by atoms with Crippen molar-refractivity contribution in [2.75, 3.05) is 0 Å². The zero-order valence-electron chi connectivity index (χ0n) is 21.3. The summed E-state index contributed by atoms with van der Waals surface area (Å²) in [5, 5.41) is 0. The third-order valence-corrected chi connectivity index (χ3v) is 7.24. The van der Waals surface area contributed by atoms with Gasteiger partial charge < -0.3 is 47.4 Å². The minimum absolute atomic E-state index is 0.252. The lowest BCUT2D eigenvalue weighted by Gasteiger charge is -2.40. The van der Waals surface area contributed by atoms with Gasteiger partial charge in [0.05, 0.1) is 12.2 Å². The van der Waals surface area contributed by atoms with Crippen molar-refractivity contribution in [2.24, 2.45) is 0 Å². The van der Waals surface area contributed by atoms with Crippen LogP contribution in [0.5, 0.6) is 0 Å². The van der Waals surface area contributed by atoms with Gasteiger partial charge in [0.15, 0.2) is 35.7 Å². The Kier molecular flexibility index (Phi) is 5.33. The Morgan fingerprint density at radius 2 is 0.676 bits per heavy atom. The van der Waals surface area contributed by atoms with Gasteiger partial charge in [-0.3, -0.25) is 0 Å². The van der Waals surface area contributed by atoms with Crippen LogP contribution in [0.1, 0.15) is 68.2 Å². The number of fused-ring (bicyclic) bond motifs is 6. The van der Waals surface area contributed by atoms with E-state index in [2.05, 4.69) is 0 Å². The average molecular weight is 487 g/mol. The number of hydrogen-bond acceptors (Lipinski definition) is 10. The molecule has 0 unspecified atom stereocenters. The van der Waals surface area contributed by atoms with E-state index in [0.717, 1.165) is 0 Å². The monoisotopic (exact) mass is 486 g/mol. The molecule has 0 aromatic rings. The first-order valence-electron chi connectivity index (χ1n) is 12.4. The molecule has 0 spiro atoms. The van der Waals surface area contributed by atoms with E-state index in [1.54, 1.807) is 0 Å². The van der Waals surface area contributed by atoms with Crippen molar-refractivity contribution in [3.63, 3.8) is 0 Å². The Morgan fingerprint density at radius 3 is 1.06 bits per heavy atom. The van der Waals surface area contributed by atoms with Crippen molar-refractivity contribution < 1.29 is 47.4 Å². The van der Waals surface area contributed by atoms with Crippen LogP contribution in [-0.4, -0.2) is 84.6 Å². The van der Waals surface area contributed by atoms with Crippen molar-refractivity contribution in [3.8, 4) is 0 Å². The predicted octanol–water partition coefficient (Wildman–Crippen LogP) is 2.56. The molecule has 6 aliphatic rings. The highest BCUT2D eigenvalue weighted by Crippen LogP contribution is 2.47. The Hall–Kier alpha value is -0.400. The molecule has 194 valence electrons. The molecule has 6 fully saturated rings. The third kappa shape index (κ3) is 4.13. The van der Waals surface area contributed by atoms with Gasteiger partial charge in [-0.15, -0.1) is 0 Å². The van der Waals surface area contributed by atoms with Crippen molar-refractivity contribution in [2.45, 2.75) is 153 Å². The van der Waals surface area contributed by atoms with Crippen LogP contribution < -0.4 is 0 Å². The second-order valence-electron chi connectivity index (χ2n) is 12.0. The molecular formula is C24H38O10. The molecule has 0 aromatic carbocycles. The van der Waals surface area contributed by atoms with Gasteiger partial charge >= 0.3 is 0 Å². The molecule has 0 radical (unpaired) electrons. The molecule has 0 amide bonds. The predicted molar refractivity (Wildman–Crippen MR) is 114 cm³/mol. The molecule has 6 aliphatic heterocycles. The molecule has 0 aromatic heterocycles. The van der Waals surface area contributed by atoms with Crippen LogP contribution in [0.4, 0.5) is 0 Å². The Balaban J connectivity index is 1.19. The summed E-state index contributed by atoms with van der Waals surface area (Å²) in [7, 11) is 0. The number of rotatable bonds is 3. The maximum Gasteiger partial charge on any atom is 0.190 e. The summed E-state index contributed by atoms with van der Waals surface area (Å²) >= 11 is 0. The van der Waals surface area contributed by atoms with Crippen molar-refractivity contribution in [1.82, 2.24) is 0 Å². The van der Waals surface area contributed by atoms with E-state index in [4.69, 9.17) is 47.4 Å². The quantitative estimate of drug-likeness (QED) is 0.593. The maximum atomic E-state index is 6.38. The Bertz CT molecular complexity index is 746. The summed E-state index contributed by atoms with van der Waals surface area (Å²) in [4.78, 5) is 0. The number of ether oxygens (including phenoxy) is 10. The van der Waals surface area contributed by atoms with Crippen LogP contribution in [0.25, 0.3) is 0 Å². The molecule has 0 aliphatic carbocycles. The van der Waals surface area contributed by atoms with Gasteiger partial charge in [-0.05, 0) is 68.2 Å². The van der Waals surface area contributed by atoms with Crippen molar-refractivity contribution >= 4 is 0 Å². The van der Waals surface area contributed by atoms with E-state index in [1.807, 2.05) is 55.4 Å². The molecule has 10 heteroatoms. The highest BCUT2D eigenvalue weighted by molar-refractivity contribution is 5.03. The van der Waals surface area contributed by atoms with Gasteiger partial charge in [0.25, 0.3) is 0 Å². The summed E-state index contributed by atoms with van der Waals surface area (Å²) in [6.45, 7) is 15.2. The molecule has 0 bridgehead atoms. The SMILES string of the molecule is CC1(C)O[C@H]2O[C@H](CC[C@H]3O[C@@H]4OC(C)(C)O[C@@H]4[C@H]4OC(C)(C)O[C@@H]43)[C@H]3OC(C)(C)O[C@@H]3[C@H]2O1. The third-order valence-electron chi connectivity index (χ3n) is 7.24. The molecule has 6 rings (SSSR count). The first-order chi connectivity index (χ1) is 15.7. The number of hydrogen-bond donors (Lipinski definition) is 0. The molecule has 0 saturated carbocycles. The van der Waals surface area contributed by atoms with E-state index in [1.165, 1.54) is 0 Å². The minimum atomic E-state index is -0.743. The van der Waals surface area contributed by atoms with Crippen LogP contribution in [-0.2, 0) is 47.4 Å². The molecule has 34 heavy (non-hydrogen) atoms. The standard InChI is InChI=1S/C24H38O10/c1-21(2)27-13-11(25-19-17(15(13)29-21)31-23(5,6)33-19)9-10-12-14-16(30-22(3,4)28-14)18-20(26-12)34-24(7,8)32-18/h11-20H,9-10H2,1-8H3/t11-,12-,13-,14-,15+,16+,17-,18-,19-,20-/m1/s1. The van der Waals surface area contributed by atoms with Crippen molar-refractivity contribution in [3.05, 3.63) is 0 Å². The fraction of sp³-hybridized carbons (Fsp3) is 1.00. The molecule has 0 N–H and O–H groups in total. The lowest BCUT2D eigenvalue weighted by atomic mass is 9.91. The average Bonchev–Trinajstić information content (AvgIpc) is 3.37. The van der Waals surface area contributed by atoms with E-state index >= 15 is 0 Å². The molecular weight excluding hydrogens is 448 g/mol. The Labute approximate surface area is 200 Å². The molecule has 6 saturated heterocycles. The zero-order valence-corrected chi connectivity index (χ0v) is 21.3. The van der Waals surface area contributed by atoms with Gasteiger partial charge in [-0.1, -0.05) is 0 Å². The zero-order chi connectivity index (χ0) is 24.3. The van der Waals surface area contributed by atoms with Crippen LogP contribution in [0.15, 0.2) is 0 Å². The van der Waals surface area contributed by atoms with Crippen LogP contribution >= 0.6 is 0 Å². The second-order valence-corrected chi connectivity index (χ2v) is 12.0. The minimum Gasteiger partial charge on any atom is -0.344 e. The first-order valence-corrected chi connectivity index (χ1v) is 12.4. The fourth-order valence-electron chi connectivity index (χ4n) is 6.18. The lowest BCUT2D eigenvalue weighted by Crippen LogP contribution is -2.57. The van der Waals surface area contributed by atoms with Crippen molar-refractivity contribution in [1.29, 1.82) is 0 Å². The largest absolute Gasteiger partial charge is 0.344 e. The highest BCUT2D eigenvalue weighted by Gasteiger charge is 2.62. The summed E-state index contributed by atoms with van der Waals surface area (Å²) in [5.74, 6) is -2.94. The summed E-state index contributed by atoms with van der Waals surface area (Å²) in [6.07, 6.45) is -1.99. The molecule has 10 nitrogen and oxygen atoms in total. The van der Waals surface area contributed by atoms with Gasteiger partial charge in [0, 0.05) is 0 Å². The van der Waals surface area contributed by atoms with Gasteiger partial charge in [-0.2, -0.15) is 0 Å². The van der Waals surface area contributed by atoms with E-state index in [-0.39, 0.29) is 48.8 Å². The molecule has 6 heterocycles. The lowest BCUT2D eigenvalue weighted by molar-refractivity contribution is -0.248. The smallest absolute Gasteiger partial charge is 0.190 e. The van der Waals surface area contributed by atoms with Crippen LogP contribution in [0.2, 0.25) is 0 Å². The van der Waals surface area contributed by atoms with E-state index in [0.29, 0.717) is 12.8 Å². The summed E-state index contributed by atoms with van der Waals surface area (Å²) in [6, 6.07) is 0.